The Balaban J connectivity index is 2.23. The van der Waals surface area contributed by atoms with Crippen LogP contribution in [0.1, 0.15) is 25.5 Å². The third-order valence-electron chi connectivity index (χ3n) is 3.43. The molecule has 3 nitrogen and oxygen atoms in total. The summed E-state index contributed by atoms with van der Waals surface area (Å²) in [6, 6.07) is 3.42. The molecule has 0 radical (unpaired) electrons. The van der Waals surface area contributed by atoms with Crippen LogP contribution in [0.2, 0.25) is 0 Å². The summed E-state index contributed by atoms with van der Waals surface area (Å²) in [5, 5.41) is 0. The Morgan fingerprint density at radius 3 is 2.47 bits per heavy atom. The van der Waals surface area contributed by atoms with Gasteiger partial charge in [0.1, 0.15) is 11.6 Å². The molecular formula is C14H20F2N2O. The Kier molecular flexibility index (Phi) is 4.50. The van der Waals surface area contributed by atoms with E-state index in [0.29, 0.717) is 25.2 Å². The number of morpholine rings is 1. The number of nitrogens with two attached hydrogens (primary N) is 1. The second-order valence-corrected chi connectivity index (χ2v) is 5.13. The van der Waals surface area contributed by atoms with Crippen molar-refractivity contribution in [1.29, 1.82) is 0 Å². The van der Waals surface area contributed by atoms with Gasteiger partial charge in [-0.2, -0.15) is 0 Å². The fourth-order valence-corrected chi connectivity index (χ4v) is 2.72. The molecule has 3 atom stereocenters. The summed E-state index contributed by atoms with van der Waals surface area (Å²) in [7, 11) is 0. The van der Waals surface area contributed by atoms with Gasteiger partial charge in [-0.25, -0.2) is 8.78 Å². The molecule has 1 heterocycles. The maximum Gasteiger partial charge on any atom is 0.130 e. The van der Waals surface area contributed by atoms with E-state index in [1.54, 1.807) is 0 Å². The van der Waals surface area contributed by atoms with Gasteiger partial charge in [-0.3, -0.25) is 4.90 Å². The van der Waals surface area contributed by atoms with Crippen molar-refractivity contribution >= 4 is 0 Å². The molecule has 1 saturated heterocycles. The SMILES string of the molecule is C[C@H]1CN([C@@H](CN)c2ccc(F)cc2F)C[C@H](C)O1. The molecule has 0 unspecified atom stereocenters. The largest absolute Gasteiger partial charge is 0.373 e. The van der Waals surface area contributed by atoms with E-state index in [1.165, 1.54) is 12.1 Å². The number of nitrogens with zero attached hydrogens (tertiary/aromatic N) is 1. The Bertz CT molecular complexity index is 431. The lowest BCUT2D eigenvalue weighted by atomic mass is 10.0. The van der Waals surface area contributed by atoms with Crippen molar-refractivity contribution in [2.45, 2.75) is 32.1 Å². The Hall–Kier alpha value is -1.04. The van der Waals surface area contributed by atoms with Crippen LogP contribution >= 0.6 is 0 Å². The van der Waals surface area contributed by atoms with Gasteiger partial charge in [-0.15, -0.1) is 0 Å². The van der Waals surface area contributed by atoms with Gasteiger partial charge in [0.2, 0.25) is 0 Å². The lowest BCUT2D eigenvalue weighted by molar-refractivity contribution is -0.0802. The van der Waals surface area contributed by atoms with Crippen LogP contribution in [-0.4, -0.2) is 36.7 Å². The quantitative estimate of drug-likeness (QED) is 0.914. The van der Waals surface area contributed by atoms with Crippen LogP contribution in [0.4, 0.5) is 8.78 Å². The second kappa shape index (κ2) is 5.94. The van der Waals surface area contributed by atoms with E-state index in [2.05, 4.69) is 4.90 Å². The molecule has 19 heavy (non-hydrogen) atoms. The first-order valence-electron chi connectivity index (χ1n) is 6.55. The molecule has 0 bridgehead atoms. The molecule has 0 aromatic heterocycles. The number of rotatable bonds is 3. The van der Waals surface area contributed by atoms with Crippen molar-refractivity contribution in [3.05, 3.63) is 35.4 Å². The highest BCUT2D eigenvalue weighted by Crippen LogP contribution is 2.26. The van der Waals surface area contributed by atoms with Crippen LogP contribution in [-0.2, 0) is 4.74 Å². The Morgan fingerprint density at radius 1 is 1.32 bits per heavy atom. The number of hydrogen-bond acceptors (Lipinski definition) is 3. The first-order chi connectivity index (χ1) is 9.01. The van der Waals surface area contributed by atoms with Crippen LogP contribution in [0.3, 0.4) is 0 Å². The van der Waals surface area contributed by atoms with Crippen molar-refractivity contribution in [3.8, 4) is 0 Å². The highest BCUT2D eigenvalue weighted by atomic mass is 19.1. The first-order valence-corrected chi connectivity index (χ1v) is 6.55. The summed E-state index contributed by atoms with van der Waals surface area (Å²) in [6.45, 7) is 5.66. The lowest BCUT2D eigenvalue weighted by Crippen LogP contribution is -2.48. The molecule has 5 heteroatoms. The minimum atomic E-state index is -0.569. The maximum atomic E-state index is 13.9. The summed E-state index contributed by atoms with van der Waals surface area (Å²) in [5.74, 6) is -1.11. The van der Waals surface area contributed by atoms with Crippen molar-refractivity contribution in [3.63, 3.8) is 0 Å². The zero-order valence-corrected chi connectivity index (χ0v) is 11.3. The molecule has 0 saturated carbocycles. The molecular weight excluding hydrogens is 250 g/mol. The first kappa shape index (κ1) is 14.4. The summed E-state index contributed by atoms with van der Waals surface area (Å²) >= 11 is 0. The van der Waals surface area contributed by atoms with Crippen LogP contribution in [0.5, 0.6) is 0 Å². The highest BCUT2D eigenvalue weighted by molar-refractivity contribution is 5.23. The van der Waals surface area contributed by atoms with Crippen LogP contribution < -0.4 is 5.73 Å². The van der Waals surface area contributed by atoms with Gasteiger partial charge in [-0.1, -0.05) is 6.07 Å². The molecule has 2 N–H and O–H groups in total. The summed E-state index contributed by atoms with van der Waals surface area (Å²) in [5.41, 5.74) is 6.24. The smallest absolute Gasteiger partial charge is 0.130 e. The van der Waals surface area contributed by atoms with E-state index in [-0.39, 0.29) is 18.2 Å². The van der Waals surface area contributed by atoms with Crippen molar-refractivity contribution in [1.82, 2.24) is 4.90 Å². The average Bonchev–Trinajstić information content (AvgIpc) is 2.31. The molecule has 0 amide bonds. The molecule has 1 aromatic rings. The summed E-state index contributed by atoms with van der Waals surface area (Å²) in [6.07, 6.45) is 0.169. The molecule has 2 rings (SSSR count). The maximum absolute atomic E-state index is 13.9. The van der Waals surface area contributed by atoms with Crippen LogP contribution in [0.25, 0.3) is 0 Å². The van der Waals surface area contributed by atoms with Crippen LogP contribution in [0.15, 0.2) is 18.2 Å². The second-order valence-electron chi connectivity index (χ2n) is 5.13. The van der Waals surface area contributed by atoms with E-state index >= 15 is 0 Å². The van der Waals surface area contributed by atoms with Gasteiger partial charge >= 0.3 is 0 Å². The third kappa shape index (κ3) is 3.29. The molecule has 106 valence electrons. The summed E-state index contributed by atoms with van der Waals surface area (Å²) < 4.78 is 32.5. The third-order valence-corrected chi connectivity index (χ3v) is 3.43. The molecule has 0 spiro atoms. The minimum Gasteiger partial charge on any atom is -0.373 e. The van der Waals surface area contributed by atoms with Crippen molar-refractivity contribution in [2.75, 3.05) is 19.6 Å². The molecule has 1 aliphatic heterocycles. The monoisotopic (exact) mass is 270 g/mol. The molecule has 1 aliphatic rings. The standard InChI is InChI=1S/C14H20F2N2O/c1-9-7-18(8-10(2)19-9)14(6-17)12-4-3-11(15)5-13(12)16/h3-5,9-10,14H,6-8,17H2,1-2H3/t9-,10-,14-/m0/s1. The van der Waals surface area contributed by atoms with E-state index in [4.69, 9.17) is 10.5 Å². The summed E-state index contributed by atoms with van der Waals surface area (Å²) in [4.78, 5) is 2.11. The van der Waals surface area contributed by atoms with Gasteiger partial charge in [0.25, 0.3) is 0 Å². The molecule has 0 aliphatic carbocycles. The predicted octanol–water partition coefficient (Wildman–Crippen LogP) is 2.07. The number of benzene rings is 1. The van der Waals surface area contributed by atoms with Gasteiger partial charge in [0.15, 0.2) is 0 Å². The Morgan fingerprint density at radius 2 is 1.95 bits per heavy atom. The molecule has 1 fully saturated rings. The number of ether oxygens (including phenoxy) is 1. The fourth-order valence-electron chi connectivity index (χ4n) is 2.72. The van der Waals surface area contributed by atoms with E-state index in [0.717, 1.165) is 6.07 Å². The minimum absolute atomic E-state index is 0.0845. The van der Waals surface area contributed by atoms with Crippen LogP contribution in [0, 0.1) is 11.6 Å². The molecule has 1 aromatic carbocycles. The van der Waals surface area contributed by atoms with Gasteiger partial charge in [-0.05, 0) is 19.9 Å². The van der Waals surface area contributed by atoms with Crippen molar-refractivity contribution < 1.29 is 13.5 Å². The fraction of sp³-hybridized carbons (Fsp3) is 0.571. The highest BCUT2D eigenvalue weighted by Gasteiger charge is 2.29. The Labute approximate surface area is 112 Å². The average molecular weight is 270 g/mol. The van der Waals surface area contributed by atoms with Gasteiger partial charge in [0, 0.05) is 31.3 Å². The van der Waals surface area contributed by atoms with Gasteiger partial charge < -0.3 is 10.5 Å². The zero-order chi connectivity index (χ0) is 14.0. The topological polar surface area (TPSA) is 38.5 Å². The van der Waals surface area contributed by atoms with Gasteiger partial charge in [0.05, 0.1) is 18.2 Å². The number of halogens is 2. The normalized spacial score (nSPS) is 26.4. The van der Waals surface area contributed by atoms with E-state index < -0.39 is 11.6 Å². The zero-order valence-electron chi connectivity index (χ0n) is 11.3. The van der Waals surface area contributed by atoms with E-state index in [1.807, 2.05) is 13.8 Å². The predicted molar refractivity (Wildman–Crippen MR) is 69.7 cm³/mol. The number of hydrogen-bond donors (Lipinski definition) is 1. The van der Waals surface area contributed by atoms with Crippen molar-refractivity contribution in [2.24, 2.45) is 5.73 Å². The van der Waals surface area contributed by atoms with E-state index in [9.17, 15) is 8.78 Å². The lowest BCUT2D eigenvalue weighted by Gasteiger charge is -2.40.